The summed E-state index contributed by atoms with van der Waals surface area (Å²) in [7, 11) is 1.97. The Morgan fingerprint density at radius 3 is 2.77 bits per heavy atom. The lowest BCUT2D eigenvalue weighted by atomic mass is 10.1. The quantitative estimate of drug-likeness (QED) is 0.694. The Hall–Kier alpha value is -1.08. The number of nitrogens with one attached hydrogen (secondary N) is 1. The molecule has 1 heteroatoms. The highest BCUT2D eigenvalue weighted by atomic mass is 14.8. The molecule has 0 saturated carbocycles. The summed E-state index contributed by atoms with van der Waals surface area (Å²) in [6.07, 6.45) is 5.48. The Morgan fingerprint density at radius 1 is 1.31 bits per heavy atom. The van der Waals surface area contributed by atoms with Crippen LogP contribution in [0.25, 0.3) is 6.08 Å². The van der Waals surface area contributed by atoms with Gasteiger partial charge in [-0.25, -0.2) is 0 Å². The van der Waals surface area contributed by atoms with Crippen LogP contribution in [-0.2, 0) is 0 Å². The molecule has 0 aliphatic carbocycles. The first-order valence-electron chi connectivity index (χ1n) is 4.71. The molecule has 70 valence electrons. The Bertz CT molecular complexity index is 276. The lowest BCUT2D eigenvalue weighted by Crippen LogP contribution is -2.05. The predicted octanol–water partition coefficient (Wildman–Crippen LogP) is 2.62. The van der Waals surface area contributed by atoms with Crippen molar-refractivity contribution in [1.29, 1.82) is 0 Å². The molecule has 1 aromatic carbocycles. The maximum Gasteiger partial charge on any atom is -0.00172 e. The summed E-state index contributed by atoms with van der Waals surface area (Å²) < 4.78 is 0. The van der Waals surface area contributed by atoms with Crippen LogP contribution in [0.15, 0.2) is 30.3 Å². The first-order chi connectivity index (χ1) is 6.34. The van der Waals surface area contributed by atoms with Crippen molar-refractivity contribution in [2.24, 2.45) is 0 Å². The number of benzene rings is 1. The molecule has 0 atom stereocenters. The fourth-order valence-corrected chi connectivity index (χ4v) is 1.21. The largest absolute Gasteiger partial charge is 0.319 e. The van der Waals surface area contributed by atoms with Gasteiger partial charge in [0.2, 0.25) is 0 Å². The van der Waals surface area contributed by atoms with Crippen molar-refractivity contribution < 1.29 is 0 Å². The highest BCUT2D eigenvalue weighted by Crippen LogP contribution is 2.08. The van der Waals surface area contributed by atoms with E-state index >= 15 is 0 Å². The van der Waals surface area contributed by atoms with Crippen molar-refractivity contribution in [2.75, 3.05) is 13.6 Å². The van der Waals surface area contributed by atoms with Crippen LogP contribution < -0.4 is 5.32 Å². The number of rotatable bonds is 4. The molecule has 0 bridgehead atoms. The minimum absolute atomic E-state index is 1.04. The van der Waals surface area contributed by atoms with Crippen LogP contribution in [0.1, 0.15) is 17.5 Å². The molecule has 0 unspecified atom stereocenters. The highest BCUT2D eigenvalue weighted by molar-refractivity contribution is 5.53. The fourth-order valence-electron chi connectivity index (χ4n) is 1.21. The third kappa shape index (κ3) is 3.43. The molecule has 0 aliphatic rings. The normalized spacial score (nSPS) is 10.9. The Balaban J connectivity index is 2.53. The summed E-state index contributed by atoms with van der Waals surface area (Å²) >= 11 is 0. The SMILES string of the molecule is CNCC/C=C\c1ccccc1C. The summed E-state index contributed by atoms with van der Waals surface area (Å²) in [5.74, 6) is 0. The average Bonchev–Trinajstić information content (AvgIpc) is 2.15. The molecule has 1 rings (SSSR count). The van der Waals surface area contributed by atoms with E-state index in [1.807, 2.05) is 7.05 Å². The number of aryl methyl sites for hydroxylation is 1. The number of hydrogen-bond donors (Lipinski definition) is 1. The summed E-state index contributed by atoms with van der Waals surface area (Å²) in [5.41, 5.74) is 2.65. The lowest BCUT2D eigenvalue weighted by molar-refractivity contribution is 0.809. The molecule has 0 amide bonds. The van der Waals surface area contributed by atoms with Gasteiger partial charge in [-0.15, -0.1) is 0 Å². The van der Waals surface area contributed by atoms with Gasteiger partial charge in [-0.3, -0.25) is 0 Å². The zero-order chi connectivity index (χ0) is 9.52. The summed E-state index contributed by atoms with van der Waals surface area (Å²) in [6, 6.07) is 8.42. The molecule has 1 aromatic rings. The van der Waals surface area contributed by atoms with E-state index in [9.17, 15) is 0 Å². The molecular weight excluding hydrogens is 158 g/mol. The Morgan fingerprint density at radius 2 is 2.08 bits per heavy atom. The average molecular weight is 175 g/mol. The van der Waals surface area contributed by atoms with Gasteiger partial charge in [-0.2, -0.15) is 0 Å². The van der Waals surface area contributed by atoms with Crippen LogP contribution in [0.5, 0.6) is 0 Å². The zero-order valence-corrected chi connectivity index (χ0v) is 8.38. The second kappa shape index (κ2) is 5.55. The van der Waals surface area contributed by atoms with Crippen LogP contribution >= 0.6 is 0 Å². The molecule has 1 nitrogen and oxygen atoms in total. The van der Waals surface area contributed by atoms with E-state index in [1.165, 1.54) is 11.1 Å². The molecular formula is C12H17N. The predicted molar refractivity (Wildman–Crippen MR) is 58.8 cm³/mol. The first kappa shape index (κ1) is 10.0. The lowest BCUT2D eigenvalue weighted by Gasteiger charge is -1.98. The van der Waals surface area contributed by atoms with Crippen molar-refractivity contribution in [2.45, 2.75) is 13.3 Å². The van der Waals surface area contributed by atoms with E-state index in [1.54, 1.807) is 0 Å². The van der Waals surface area contributed by atoms with E-state index in [0.717, 1.165) is 13.0 Å². The Kier molecular flexibility index (Phi) is 4.27. The molecule has 0 heterocycles. The second-order valence-corrected chi connectivity index (χ2v) is 3.15. The second-order valence-electron chi connectivity index (χ2n) is 3.15. The molecule has 1 N–H and O–H groups in total. The monoisotopic (exact) mass is 175 g/mol. The van der Waals surface area contributed by atoms with Gasteiger partial charge in [0.05, 0.1) is 0 Å². The summed E-state index contributed by atoms with van der Waals surface area (Å²) in [6.45, 7) is 3.18. The third-order valence-electron chi connectivity index (χ3n) is 2.05. The molecule has 13 heavy (non-hydrogen) atoms. The van der Waals surface area contributed by atoms with Crippen molar-refractivity contribution >= 4 is 6.08 Å². The van der Waals surface area contributed by atoms with Crippen LogP contribution in [0.2, 0.25) is 0 Å². The van der Waals surface area contributed by atoms with Gasteiger partial charge in [-0.1, -0.05) is 36.4 Å². The standard InChI is InChI=1S/C12H17N/c1-11-7-3-4-8-12(11)9-5-6-10-13-2/h3-5,7-9,13H,6,10H2,1-2H3/b9-5-. The summed E-state index contributed by atoms with van der Waals surface area (Å²) in [4.78, 5) is 0. The molecule has 0 aliphatic heterocycles. The van der Waals surface area contributed by atoms with Gasteiger partial charge in [-0.05, 0) is 38.1 Å². The minimum Gasteiger partial charge on any atom is -0.319 e. The molecule has 0 aromatic heterocycles. The van der Waals surface area contributed by atoms with Gasteiger partial charge in [0.1, 0.15) is 0 Å². The van der Waals surface area contributed by atoms with Crippen LogP contribution in [-0.4, -0.2) is 13.6 Å². The Labute approximate surface area is 80.5 Å². The van der Waals surface area contributed by atoms with E-state index in [0.29, 0.717) is 0 Å². The van der Waals surface area contributed by atoms with Crippen LogP contribution in [0.4, 0.5) is 0 Å². The molecule has 0 radical (unpaired) electrons. The van der Waals surface area contributed by atoms with Crippen molar-refractivity contribution in [3.05, 3.63) is 41.5 Å². The van der Waals surface area contributed by atoms with Gasteiger partial charge in [0.15, 0.2) is 0 Å². The number of hydrogen-bond acceptors (Lipinski definition) is 1. The molecule has 0 saturated heterocycles. The van der Waals surface area contributed by atoms with Crippen LogP contribution in [0.3, 0.4) is 0 Å². The van der Waals surface area contributed by atoms with Gasteiger partial charge >= 0.3 is 0 Å². The van der Waals surface area contributed by atoms with Gasteiger partial charge < -0.3 is 5.32 Å². The van der Waals surface area contributed by atoms with Crippen molar-refractivity contribution in [1.82, 2.24) is 5.32 Å². The first-order valence-corrected chi connectivity index (χ1v) is 4.71. The summed E-state index contributed by atoms with van der Waals surface area (Å²) in [5, 5.41) is 3.12. The maximum atomic E-state index is 3.12. The van der Waals surface area contributed by atoms with E-state index in [-0.39, 0.29) is 0 Å². The molecule has 0 spiro atoms. The van der Waals surface area contributed by atoms with E-state index in [4.69, 9.17) is 0 Å². The van der Waals surface area contributed by atoms with E-state index in [2.05, 4.69) is 48.7 Å². The minimum atomic E-state index is 1.04. The fraction of sp³-hybridized carbons (Fsp3) is 0.333. The zero-order valence-electron chi connectivity index (χ0n) is 8.38. The van der Waals surface area contributed by atoms with Crippen molar-refractivity contribution in [3.8, 4) is 0 Å². The van der Waals surface area contributed by atoms with Gasteiger partial charge in [0, 0.05) is 0 Å². The van der Waals surface area contributed by atoms with Crippen molar-refractivity contribution in [3.63, 3.8) is 0 Å². The highest BCUT2D eigenvalue weighted by Gasteiger charge is 1.89. The van der Waals surface area contributed by atoms with E-state index < -0.39 is 0 Å². The topological polar surface area (TPSA) is 12.0 Å². The molecule has 0 fully saturated rings. The smallest absolute Gasteiger partial charge is 0.00172 e. The third-order valence-corrected chi connectivity index (χ3v) is 2.05. The van der Waals surface area contributed by atoms with Crippen LogP contribution in [0, 0.1) is 6.92 Å². The maximum absolute atomic E-state index is 3.12. The van der Waals surface area contributed by atoms with Gasteiger partial charge in [0.25, 0.3) is 0 Å².